The summed E-state index contributed by atoms with van der Waals surface area (Å²) in [5.41, 5.74) is 0.611. The molecule has 0 aromatic carbocycles. The quantitative estimate of drug-likeness (QED) is 0.789. The van der Waals surface area contributed by atoms with E-state index in [1.807, 2.05) is 0 Å². The van der Waals surface area contributed by atoms with Crippen molar-refractivity contribution in [2.45, 2.75) is 57.8 Å². The molecule has 0 radical (unpaired) electrons. The summed E-state index contributed by atoms with van der Waals surface area (Å²) in [4.78, 5) is 14.7. The van der Waals surface area contributed by atoms with Crippen molar-refractivity contribution in [3.8, 4) is 0 Å². The van der Waals surface area contributed by atoms with Gasteiger partial charge in [0.25, 0.3) is 0 Å². The van der Waals surface area contributed by atoms with Gasteiger partial charge in [-0.05, 0) is 50.5 Å². The van der Waals surface area contributed by atoms with Gasteiger partial charge in [-0.1, -0.05) is 19.3 Å². The molecule has 3 rings (SSSR count). The Morgan fingerprint density at radius 1 is 1.00 bits per heavy atom. The van der Waals surface area contributed by atoms with E-state index in [1.165, 1.54) is 44.9 Å². The van der Waals surface area contributed by atoms with Crippen molar-refractivity contribution in [3.05, 3.63) is 0 Å². The summed E-state index contributed by atoms with van der Waals surface area (Å²) in [6, 6.07) is 0. The monoisotopic (exact) mass is 264 g/mol. The van der Waals surface area contributed by atoms with E-state index in [-0.39, 0.29) is 5.92 Å². The Morgan fingerprint density at radius 3 is 2.37 bits per heavy atom. The Morgan fingerprint density at radius 2 is 1.74 bits per heavy atom. The number of carbonyl (C=O) groups excluding carboxylic acids is 1. The van der Waals surface area contributed by atoms with Crippen LogP contribution in [0.25, 0.3) is 0 Å². The topological polar surface area (TPSA) is 32.3 Å². The average Bonchev–Trinajstić information content (AvgIpc) is 2.49. The Balaban J connectivity index is 1.52. The number of carbonyl (C=O) groups is 1. The minimum Gasteiger partial charge on any atom is -0.342 e. The van der Waals surface area contributed by atoms with E-state index in [0.717, 1.165) is 39.0 Å². The zero-order valence-electron chi connectivity index (χ0n) is 12.1. The molecule has 0 aromatic rings. The summed E-state index contributed by atoms with van der Waals surface area (Å²) in [6.45, 7) is 4.04. The third-order valence-electron chi connectivity index (χ3n) is 5.70. The Labute approximate surface area is 117 Å². The first-order chi connectivity index (χ1) is 9.29. The molecule has 1 spiro atoms. The van der Waals surface area contributed by atoms with Gasteiger partial charge in [0.1, 0.15) is 0 Å². The molecule has 3 nitrogen and oxygen atoms in total. The molecule has 0 unspecified atom stereocenters. The van der Waals surface area contributed by atoms with Crippen molar-refractivity contribution in [2.24, 2.45) is 11.3 Å². The number of piperidine rings is 2. The molecule has 1 aliphatic carbocycles. The normalized spacial score (nSPS) is 31.4. The van der Waals surface area contributed by atoms with Crippen LogP contribution in [-0.4, -0.2) is 37.0 Å². The van der Waals surface area contributed by atoms with E-state index < -0.39 is 0 Å². The molecule has 1 saturated carbocycles. The fraction of sp³-hybridized carbons (Fsp3) is 0.938. The van der Waals surface area contributed by atoms with E-state index in [0.29, 0.717) is 11.3 Å². The molecule has 3 aliphatic rings. The van der Waals surface area contributed by atoms with Crippen LogP contribution in [-0.2, 0) is 4.79 Å². The van der Waals surface area contributed by atoms with Crippen LogP contribution in [0.2, 0.25) is 0 Å². The van der Waals surface area contributed by atoms with Crippen LogP contribution in [0.3, 0.4) is 0 Å². The van der Waals surface area contributed by atoms with Crippen LogP contribution in [0.15, 0.2) is 0 Å². The molecule has 1 N–H and O–H groups in total. The minimum absolute atomic E-state index is 0.258. The lowest BCUT2D eigenvalue weighted by atomic mass is 9.68. The van der Waals surface area contributed by atoms with Gasteiger partial charge in [0.15, 0.2) is 0 Å². The molecule has 19 heavy (non-hydrogen) atoms. The van der Waals surface area contributed by atoms with Crippen molar-refractivity contribution >= 4 is 5.91 Å². The maximum atomic E-state index is 12.5. The van der Waals surface area contributed by atoms with Gasteiger partial charge in [0, 0.05) is 19.6 Å². The van der Waals surface area contributed by atoms with Crippen molar-refractivity contribution in [3.63, 3.8) is 0 Å². The van der Waals surface area contributed by atoms with Crippen LogP contribution in [0.5, 0.6) is 0 Å². The largest absolute Gasteiger partial charge is 0.342 e. The van der Waals surface area contributed by atoms with E-state index in [2.05, 4.69) is 10.2 Å². The minimum atomic E-state index is 0.258. The van der Waals surface area contributed by atoms with Gasteiger partial charge in [0.05, 0.1) is 5.92 Å². The second-order valence-electron chi connectivity index (χ2n) is 6.93. The Kier molecular flexibility index (Phi) is 4.11. The third kappa shape index (κ3) is 2.96. The number of hydrogen-bond acceptors (Lipinski definition) is 2. The van der Waals surface area contributed by atoms with Gasteiger partial charge in [-0.2, -0.15) is 0 Å². The molecule has 2 saturated heterocycles. The maximum Gasteiger partial charge on any atom is 0.226 e. The van der Waals surface area contributed by atoms with Crippen LogP contribution in [0, 0.1) is 11.3 Å². The number of hydrogen-bond donors (Lipinski definition) is 1. The molecular weight excluding hydrogens is 236 g/mol. The third-order valence-corrected chi connectivity index (χ3v) is 5.70. The predicted octanol–water partition coefficient (Wildman–Crippen LogP) is 2.56. The first-order valence-corrected chi connectivity index (χ1v) is 8.29. The molecular formula is C16H28N2O. The summed E-state index contributed by atoms with van der Waals surface area (Å²) in [7, 11) is 0. The number of nitrogens with zero attached hydrogens (tertiary/aromatic N) is 1. The van der Waals surface area contributed by atoms with E-state index in [1.54, 1.807) is 0 Å². The number of likely N-dealkylation sites (tertiary alicyclic amines) is 1. The van der Waals surface area contributed by atoms with Gasteiger partial charge in [-0.15, -0.1) is 0 Å². The predicted molar refractivity (Wildman–Crippen MR) is 76.9 cm³/mol. The molecule has 2 aliphatic heterocycles. The molecule has 108 valence electrons. The van der Waals surface area contributed by atoms with Crippen LogP contribution < -0.4 is 5.32 Å². The highest BCUT2D eigenvalue weighted by molar-refractivity contribution is 5.79. The zero-order valence-corrected chi connectivity index (χ0v) is 12.1. The van der Waals surface area contributed by atoms with E-state index >= 15 is 0 Å². The van der Waals surface area contributed by atoms with Gasteiger partial charge in [-0.3, -0.25) is 4.79 Å². The smallest absolute Gasteiger partial charge is 0.226 e. The Bertz CT molecular complexity index is 307. The molecule has 0 bridgehead atoms. The summed E-state index contributed by atoms with van der Waals surface area (Å²) in [5.74, 6) is 0.687. The first kappa shape index (κ1) is 13.4. The average molecular weight is 264 g/mol. The fourth-order valence-corrected chi connectivity index (χ4v) is 4.32. The highest BCUT2D eigenvalue weighted by atomic mass is 16.2. The lowest BCUT2D eigenvalue weighted by Gasteiger charge is -2.45. The lowest BCUT2D eigenvalue weighted by molar-refractivity contribution is -0.138. The van der Waals surface area contributed by atoms with Gasteiger partial charge < -0.3 is 10.2 Å². The maximum absolute atomic E-state index is 12.5. The van der Waals surface area contributed by atoms with Crippen molar-refractivity contribution in [1.82, 2.24) is 10.2 Å². The summed E-state index contributed by atoms with van der Waals surface area (Å²) in [6.07, 6.45) is 11.9. The first-order valence-electron chi connectivity index (χ1n) is 8.29. The summed E-state index contributed by atoms with van der Waals surface area (Å²) >= 11 is 0. The summed E-state index contributed by atoms with van der Waals surface area (Å²) < 4.78 is 0. The SMILES string of the molecule is O=C([C@@H]1CCCNC1)N1CCC2(CCCCC2)CC1. The summed E-state index contributed by atoms with van der Waals surface area (Å²) in [5, 5.41) is 3.36. The number of rotatable bonds is 1. The number of nitrogens with one attached hydrogen (secondary N) is 1. The van der Waals surface area contributed by atoms with Crippen molar-refractivity contribution in [1.29, 1.82) is 0 Å². The van der Waals surface area contributed by atoms with Crippen LogP contribution in [0.4, 0.5) is 0 Å². The van der Waals surface area contributed by atoms with Crippen LogP contribution >= 0.6 is 0 Å². The zero-order chi connectivity index (χ0) is 13.1. The van der Waals surface area contributed by atoms with E-state index in [9.17, 15) is 4.79 Å². The standard InChI is InChI=1S/C16H28N2O/c19-15(14-5-4-10-17-13-14)18-11-8-16(9-12-18)6-2-1-3-7-16/h14,17H,1-13H2/t14-/m1/s1. The van der Waals surface area contributed by atoms with E-state index in [4.69, 9.17) is 0 Å². The second-order valence-corrected chi connectivity index (χ2v) is 6.93. The van der Waals surface area contributed by atoms with Gasteiger partial charge in [-0.25, -0.2) is 0 Å². The van der Waals surface area contributed by atoms with Crippen LogP contribution in [0.1, 0.15) is 57.8 Å². The molecule has 1 amide bonds. The molecule has 3 fully saturated rings. The molecule has 0 aromatic heterocycles. The van der Waals surface area contributed by atoms with Gasteiger partial charge >= 0.3 is 0 Å². The Hall–Kier alpha value is -0.570. The molecule has 1 atom stereocenters. The highest BCUT2D eigenvalue weighted by Crippen LogP contribution is 2.44. The second kappa shape index (κ2) is 5.82. The van der Waals surface area contributed by atoms with Crippen molar-refractivity contribution in [2.75, 3.05) is 26.2 Å². The number of amides is 1. The molecule has 2 heterocycles. The highest BCUT2D eigenvalue weighted by Gasteiger charge is 2.37. The van der Waals surface area contributed by atoms with Gasteiger partial charge in [0.2, 0.25) is 5.91 Å². The lowest BCUT2D eigenvalue weighted by Crippen LogP contribution is -2.48. The fourth-order valence-electron chi connectivity index (χ4n) is 4.32. The molecule has 3 heteroatoms. The van der Waals surface area contributed by atoms with Crippen molar-refractivity contribution < 1.29 is 4.79 Å².